The Morgan fingerprint density at radius 1 is 1.10 bits per heavy atom. The number of hydrogen-bond acceptors (Lipinski definition) is 3. The third-order valence-electron chi connectivity index (χ3n) is 5.84. The molecule has 1 N–H and O–H groups in total. The summed E-state index contributed by atoms with van der Waals surface area (Å²) in [5, 5.41) is -0.333. The van der Waals surface area contributed by atoms with Crippen molar-refractivity contribution in [3.8, 4) is 0 Å². The summed E-state index contributed by atoms with van der Waals surface area (Å²) in [6.45, 7) is 2.15. The zero-order valence-corrected chi connectivity index (χ0v) is 17.5. The van der Waals surface area contributed by atoms with Gasteiger partial charge in [-0.1, -0.05) is 29.8 Å². The van der Waals surface area contributed by atoms with Crippen LogP contribution in [0.2, 0.25) is 5.02 Å². The number of nitrogens with one attached hydrogen (secondary N) is 1. The van der Waals surface area contributed by atoms with Gasteiger partial charge in [0.1, 0.15) is 4.90 Å². The highest BCUT2D eigenvalue weighted by atomic mass is 35.5. The predicted octanol–water partition coefficient (Wildman–Crippen LogP) is 4.22. The first-order valence-corrected chi connectivity index (χ1v) is 11.7. The molecule has 0 saturated heterocycles. The number of rotatable bonds is 7. The van der Waals surface area contributed by atoms with Crippen LogP contribution in [0.3, 0.4) is 0 Å². The summed E-state index contributed by atoms with van der Waals surface area (Å²) in [6, 6.07) is 8.37. The molecule has 1 unspecified atom stereocenters. The van der Waals surface area contributed by atoms with Crippen molar-refractivity contribution in [3.05, 3.63) is 63.7 Å². The van der Waals surface area contributed by atoms with E-state index in [2.05, 4.69) is 27.8 Å². The van der Waals surface area contributed by atoms with Crippen molar-refractivity contribution < 1.29 is 17.2 Å². The Morgan fingerprint density at radius 3 is 2.62 bits per heavy atom. The van der Waals surface area contributed by atoms with Crippen LogP contribution in [0.25, 0.3) is 0 Å². The van der Waals surface area contributed by atoms with Crippen molar-refractivity contribution in [1.82, 2.24) is 9.62 Å². The number of unbranched alkanes of at least 4 members (excludes halogenated alkanes) is 1. The molecule has 0 bridgehead atoms. The van der Waals surface area contributed by atoms with E-state index in [0.29, 0.717) is 24.6 Å². The van der Waals surface area contributed by atoms with Crippen LogP contribution in [0.15, 0.2) is 35.2 Å². The largest absolute Gasteiger partial charge is 0.296 e. The minimum atomic E-state index is -3.98. The highest BCUT2D eigenvalue weighted by molar-refractivity contribution is 7.89. The van der Waals surface area contributed by atoms with Crippen LogP contribution in [0.4, 0.5) is 8.78 Å². The molecule has 4 rings (SSSR count). The Morgan fingerprint density at radius 2 is 1.83 bits per heavy atom. The van der Waals surface area contributed by atoms with Crippen molar-refractivity contribution in [2.24, 2.45) is 0 Å². The maximum absolute atomic E-state index is 13.4. The van der Waals surface area contributed by atoms with E-state index in [0.717, 1.165) is 38.8 Å². The number of aryl methyl sites for hydroxylation is 1. The van der Waals surface area contributed by atoms with Crippen molar-refractivity contribution in [3.63, 3.8) is 0 Å². The third-order valence-corrected chi connectivity index (χ3v) is 7.77. The Bertz CT molecular complexity index is 1030. The van der Waals surface area contributed by atoms with E-state index in [9.17, 15) is 17.2 Å². The lowest BCUT2D eigenvalue weighted by Crippen LogP contribution is -2.35. The molecule has 1 heterocycles. The highest BCUT2D eigenvalue weighted by Gasteiger charge is 2.32. The van der Waals surface area contributed by atoms with E-state index in [1.54, 1.807) is 0 Å². The first kappa shape index (κ1) is 20.7. The monoisotopic (exact) mass is 440 g/mol. The summed E-state index contributed by atoms with van der Waals surface area (Å²) in [7, 11) is -3.98. The van der Waals surface area contributed by atoms with E-state index in [4.69, 9.17) is 11.6 Å². The van der Waals surface area contributed by atoms with Gasteiger partial charge in [0, 0.05) is 19.1 Å². The average molecular weight is 441 g/mol. The molecule has 0 amide bonds. The van der Waals surface area contributed by atoms with Crippen molar-refractivity contribution in [1.29, 1.82) is 0 Å². The lowest BCUT2D eigenvalue weighted by molar-refractivity contribution is 0.182. The van der Waals surface area contributed by atoms with E-state index < -0.39 is 26.6 Å². The molecule has 1 aliphatic heterocycles. The normalized spacial score (nSPS) is 18.8. The Kier molecular flexibility index (Phi) is 5.93. The summed E-state index contributed by atoms with van der Waals surface area (Å²) in [4.78, 5) is 2.06. The first-order chi connectivity index (χ1) is 13.9. The van der Waals surface area contributed by atoms with Crippen molar-refractivity contribution >= 4 is 21.6 Å². The van der Waals surface area contributed by atoms with Gasteiger partial charge in [0.05, 0.1) is 5.02 Å². The highest BCUT2D eigenvalue weighted by Crippen LogP contribution is 2.41. The SMILES string of the molecule is O=S(=O)(NCCCCN1CCc2cccc3c2C1CC3)c1cc(F)c(F)cc1Cl. The third kappa shape index (κ3) is 4.19. The fraction of sp³-hybridized carbons (Fsp3) is 0.429. The predicted molar refractivity (Wildman–Crippen MR) is 109 cm³/mol. The first-order valence-electron chi connectivity index (χ1n) is 9.86. The zero-order valence-electron chi connectivity index (χ0n) is 15.9. The molecule has 4 nitrogen and oxygen atoms in total. The van der Waals surface area contributed by atoms with Gasteiger partial charge in [-0.05, 0) is 67.5 Å². The molecule has 156 valence electrons. The lowest BCUT2D eigenvalue weighted by atomic mass is 9.93. The second-order valence-electron chi connectivity index (χ2n) is 7.63. The van der Waals surface area contributed by atoms with E-state index in [1.165, 1.54) is 16.7 Å². The summed E-state index contributed by atoms with van der Waals surface area (Å²) >= 11 is 5.77. The van der Waals surface area contributed by atoms with Crippen LogP contribution in [0, 0.1) is 11.6 Å². The zero-order chi connectivity index (χ0) is 20.6. The van der Waals surface area contributed by atoms with Gasteiger partial charge in [0.25, 0.3) is 0 Å². The van der Waals surface area contributed by atoms with Crippen LogP contribution in [0.1, 0.15) is 42.0 Å². The van der Waals surface area contributed by atoms with Crippen molar-refractivity contribution in [2.75, 3.05) is 19.6 Å². The number of nitrogens with zero attached hydrogens (tertiary/aromatic N) is 1. The molecule has 2 aromatic carbocycles. The van der Waals surface area contributed by atoms with Crippen LogP contribution in [-0.4, -0.2) is 33.0 Å². The standard InChI is InChI=1S/C21H23ClF2N2O2S/c22-16-12-17(23)18(24)13-20(16)29(27,28)25-9-1-2-10-26-11-8-15-5-3-4-14-6-7-19(26)21(14)15/h3-5,12-13,19,25H,1-2,6-11H2. The van der Waals surface area contributed by atoms with Gasteiger partial charge >= 0.3 is 0 Å². The molecular formula is C21H23ClF2N2O2S. The van der Waals surface area contributed by atoms with Crippen LogP contribution < -0.4 is 4.72 Å². The molecule has 1 aliphatic carbocycles. The summed E-state index contributed by atoms with van der Waals surface area (Å²) in [6.07, 6.45) is 4.83. The van der Waals surface area contributed by atoms with E-state index in [1.807, 2.05) is 0 Å². The minimum absolute atomic E-state index is 0.220. The molecule has 0 spiro atoms. The van der Waals surface area contributed by atoms with Crippen LogP contribution in [-0.2, 0) is 22.9 Å². The Balaban J connectivity index is 1.29. The Labute approximate surface area is 174 Å². The van der Waals surface area contributed by atoms with Crippen molar-refractivity contribution in [2.45, 2.75) is 43.0 Å². The molecule has 0 fully saturated rings. The van der Waals surface area contributed by atoms with Crippen LogP contribution >= 0.6 is 11.6 Å². The van der Waals surface area contributed by atoms with Gasteiger partial charge in [0.2, 0.25) is 10.0 Å². The molecule has 1 atom stereocenters. The quantitative estimate of drug-likeness (QED) is 0.518. The van der Waals surface area contributed by atoms with Gasteiger partial charge in [-0.3, -0.25) is 4.90 Å². The number of halogens is 3. The molecule has 2 aromatic rings. The maximum Gasteiger partial charge on any atom is 0.242 e. The molecule has 0 saturated carbocycles. The maximum atomic E-state index is 13.4. The van der Waals surface area contributed by atoms with E-state index >= 15 is 0 Å². The Hall–Kier alpha value is -1.54. The van der Waals surface area contributed by atoms with Gasteiger partial charge < -0.3 is 0 Å². The average Bonchev–Trinajstić information content (AvgIpc) is 3.12. The molecule has 8 heteroatoms. The van der Waals surface area contributed by atoms with E-state index in [-0.39, 0.29) is 11.6 Å². The molecular weight excluding hydrogens is 418 g/mol. The second kappa shape index (κ2) is 8.30. The van der Waals surface area contributed by atoms with Gasteiger partial charge in [-0.25, -0.2) is 21.9 Å². The molecule has 2 aliphatic rings. The summed E-state index contributed by atoms with van der Waals surface area (Å²) in [5.74, 6) is -2.41. The van der Waals surface area contributed by atoms with Gasteiger partial charge in [0.15, 0.2) is 11.6 Å². The lowest BCUT2D eigenvalue weighted by Gasteiger charge is -2.35. The number of hydrogen-bond donors (Lipinski definition) is 1. The minimum Gasteiger partial charge on any atom is -0.296 e. The number of benzene rings is 2. The second-order valence-corrected chi connectivity index (χ2v) is 9.77. The number of sulfonamides is 1. The molecule has 0 radical (unpaired) electrons. The smallest absolute Gasteiger partial charge is 0.242 e. The molecule has 29 heavy (non-hydrogen) atoms. The molecule has 0 aromatic heterocycles. The summed E-state index contributed by atoms with van der Waals surface area (Å²) in [5.41, 5.74) is 4.44. The van der Waals surface area contributed by atoms with Gasteiger partial charge in [-0.2, -0.15) is 0 Å². The fourth-order valence-corrected chi connectivity index (χ4v) is 6.05. The van der Waals surface area contributed by atoms with Crippen LogP contribution in [0.5, 0.6) is 0 Å². The topological polar surface area (TPSA) is 49.4 Å². The summed E-state index contributed by atoms with van der Waals surface area (Å²) < 4.78 is 53.6. The fourth-order valence-electron chi connectivity index (χ4n) is 4.45. The van der Waals surface area contributed by atoms with Gasteiger partial charge in [-0.15, -0.1) is 0 Å².